The summed E-state index contributed by atoms with van der Waals surface area (Å²) in [5.74, 6) is -2.13. The fraction of sp³-hybridized carbons (Fsp3) is 0.875. The highest BCUT2D eigenvalue weighted by Gasteiger charge is 2.78. The molecule has 2 rings (SSSR count). The summed E-state index contributed by atoms with van der Waals surface area (Å²) in [5.41, 5.74) is 2.44. The van der Waals surface area contributed by atoms with E-state index in [0.717, 1.165) is 0 Å². The molecule has 8 nitrogen and oxygen atoms in total. The zero-order valence-electron chi connectivity index (χ0n) is 8.62. The summed E-state index contributed by atoms with van der Waals surface area (Å²) in [5, 5.41) is 40.6. The van der Waals surface area contributed by atoms with Gasteiger partial charge in [0.05, 0.1) is 0 Å². The first-order chi connectivity index (χ1) is 7.41. The van der Waals surface area contributed by atoms with E-state index in [9.17, 15) is 20.1 Å². The molecule has 2 aliphatic heterocycles. The van der Waals surface area contributed by atoms with E-state index in [1.807, 2.05) is 0 Å². The third-order valence-electron chi connectivity index (χ3n) is 2.89. The maximum absolute atomic E-state index is 10.9. The first-order valence-corrected chi connectivity index (χ1v) is 4.89. The molecule has 0 spiro atoms. The molecule has 16 heavy (non-hydrogen) atoms. The van der Waals surface area contributed by atoms with Crippen molar-refractivity contribution in [3.8, 4) is 0 Å². The zero-order chi connectivity index (χ0) is 12.1. The summed E-state index contributed by atoms with van der Waals surface area (Å²) >= 11 is 0. The molecule has 0 aliphatic carbocycles. The third kappa shape index (κ3) is 1.51. The highest BCUT2D eigenvalue weighted by molar-refractivity contribution is 5.73. The molecule has 5 atom stereocenters. The summed E-state index contributed by atoms with van der Waals surface area (Å²) in [6.45, 7) is 0.781. The van der Waals surface area contributed by atoms with Gasteiger partial charge < -0.3 is 25.7 Å². The van der Waals surface area contributed by atoms with Crippen molar-refractivity contribution >= 4 is 5.91 Å². The van der Waals surface area contributed by atoms with Crippen LogP contribution in [0.3, 0.4) is 0 Å². The fourth-order valence-electron chi connectivity index (χ4n) is 2.02. The lowest BCUT2D eigenvalue weighted by Crippen LogP contribution is -2.64. The minimum Gasteiger partial charge on any atom is -0.388 e. The van der Waals surface area contributed by atoms with E-state index in [1.165, 1.54) is 6.92 Å². The van der Waals surface area contributed by atoms with Gasteiger partial charge in [0, 0.05) is 12.4 Å². The normalized spacial score (nSPS) is 47.3. The van der Waals surface area contributed by atoms with Crippen molar-refractivity contribution in [1.82, 2.24) is 10.8 Å². The highest BCUT2D eigenvalue weighted by atomic mass is 17.1. The second-order valence-electron chi connectivity index (χ2n) is 4.02. The first-order valence-electron chi connectivity index (χ1n) is 4.89. The van der Waals surface area contributed by atoms with Crippen LogP contribution < -0.4 is 10.8 Å². The maximum Gasteiger partial charge on any atom is 0.442 e. The van der Waals surface area contributed by atoms with E-state index in [0.29, 0.717) is 0 Å². The molecule has 0 aromatic heterocycles. The molecule has 2 heterocycles. The Morgan fingerprint density at radius 2 is 2.12 bits per heavy atom. The van der Waals surface area contributed by atoms with Crippen molar-refractivity contribution in [3.05, 3.63) is 0 Å². The SMILES string of the molecule is CC(=O)N[C@@H]1[C@@H](O)[C@H](O)[C@@H](CO)[O+]2N[C@]12O. The summed E-state index contributed by atoms with van der Waals surface area (Å²) in [6, 6.07) is -1.08. The van der Waals surface area contributed by atoms with Gasteiger partial charge in [0.2, 0.25) is 12.0 Å². The Morgan fingerprint density at radius 3 is 2.62 bits per heavy atom. The predicted octanol–water partition coefficient (Wildman–Crippen LogP) is -3.70. The van der Waals surface area contributed by atoms with Gasteiger partial charge in [-0.15, -0.1) is 0 Å². The number of amides is 1. The van der Waals surface area contributed by atoms with Crippen LogP contribution >= 0.6 is 0 Å². The molecule has 2 saturated heterocycles. The van der Waals surface area contributed by atoms with Crippen LogP contribution in [0.1, 0.15) is 6.92 Å². The molecule has 0 aromatic carbocycles. The van der Waals surface area contributed by atoms with Gasteiger partial charge in [-0.1, -0.05) is 0 Å². The van der Waals surface area contributed by atoms with Crippen molar-refractivity contribution in [2.45, 2.75) is 37.2 Å². The molecule has 0 radical (unpaired) electrons. The lowest BCUT2D eigenvalue weighted by atomic mass is 9.96. The number of rotatable bonds is 2. The number of fused-ring (bicyclic) bond motifs is 1. The summed E-state index contributed by atoms with van der Waals surface area (Å²) in [6.07, 6.45) is -3.54. The van der Waals surface area contributed by atoms with E-state index in [1.54, 1.807) is 0 Å². The Balaban J connectivity index is 2.19. The van der Waals surface area contributed by atoms with Crippen LogP contribution in [0.25, 0.3) is 0 Å². The first kappa shape index (κ1) is 11.7. The van der Waals surface area contributed by atoms with E-state index in [-0.39, 0.29) is 0 Å². The van der Waals surface area contributed by atoms with Crippen molar-refractivity contribution in [1.29, 1.82) is 0 Å². The second kappa shape index (κ2) is 3.62. The average molecular weight is 235 g/mol. The zero-order valence-corrected chi connectivity index (χ0v) is 8.62. The maximum atomic E-state index is 10.9. The lowest BCUT2D eigenvalue weighted by Gasteiger charge is -2.32. The van der Waals surface area contributed by atoms with Crippen molar-refractivity contribution in [2.75, 3.05) is 6.61 Å². The van der Waals surface area contributed by atoms with E-state index >= 15 is 0 Å². The van der Waals surface area contributed by atoms with Crippen LogP contribution in [-0.2, 0) is 9.26 Å². The molecular weight excluding hydrogens is 220 g/mol. The molecule has 1 amide bonds. The van der Waals surface area contributed by atoms with Crippen LogP contribution in [0.4, 0.5) is 0 Å². The van der Waals surface area contributed by atoms with Crippen LogP contribution in [0.5, 0.6) is 0 Å². The lowest BCUT2D eigenvalue weighted by molar-refractivity contribution is -0.266. The summed E-state index contributed by atoms with van der Waals surface area (Å²) < 4.78 is 2.07. The monoisotopic (exact) mass is 235 g/mol. The minimum absolute atomic E-state index is 0.443. The van der Waals surface area contributed by atoms with Crippen molar-refractivity contribution < 1.29 is 29.7 Å². The smallest absolute Gasteiger partial charge is 0.388 e. The molecule has 8 heteroatoms. The third-order valence-corrected chi connectivity index (χ3v) is 2.89. The number of carbonyl (C=O) groups excluding carboxylic acids is 1. The molecule has 0 unspecified atom stereocenters. The van der Waals surface area contributed by atoms with Gasteiger partial charge in [0.15, 0.2) is 12.1 Å². The Morgan fingerprint density at radius 1 is 1.50 bits per heavy atom. The molecule has 0 aromatic rings. The fourth-order valence-corrected chi connectivity index (χ4v) is 2.02. The number of carbonyl (C=O) groups is 1. The molecule has 92 valence electrons. The number of hydrogen-bond donors (Lipinski definition) is 6. The van der Waals surface area contributed by atoms with Crippen molar-refractivity contribution in [3.63, 3.8) is 0 Å². The van der Waals surface area contributed by atoms with Crippen LogP contribution in [0.2, 0.25) is 0 Å². The standard InChI is InChI=1S/C8H14N2O6/c1-3(12)9-7-6(14)5(13)4(2-11)16-8(7,15)10-16/h4-7,10-11,13-15H,2H2,1H3/p+1/t4-,5-,6+,7-,8+/m1/s1. The Hall–Kier alpha value is -0.770. The Kier molecular flexibility index (Phi) is 2.65. The average Bonchev–Trinajstić information content (AvgIpc) is 2.87. The predicted molar refractivity (Wildman–Crippen MR) is 49.7 cm³/mol. The molecule has 2 aliphatic rings. The topological polar surface area (TPSA) is 135 Å². The van der Waals surface area contributed by atoms with E-state index in [4.69, 9.17) is 5.11 Å². The number of nitrogens with one attached hydrogen (secondary N) is 2. The molecular formula is C8H15N2O6+. The second-order valence-corrected chi connectivity index (χ2v) is 4.02. The number of hydrogen-bond acceptors (Lipinski definition) is 6. The van der Waals surface area contributed by atoms with Gasteiger partial charge in [-0.3, -0.25) is 9.26 Å². The van der Waals surface area contributed by atoms with Crippen LogP contribution in [-0.4, -0.2) is 63.2 Å². The van der Waals surface area contributed by atoms with Gasteiger partial charge in [0.1, 0.15) is 12.7 Å². The van der Waals surface area contributed by atoms with Crippen molar-refractivity contribution in [2.24, 2.45) is 0 Å². The van der Waals surface area contributed by atoms with Gasteiger partial charge in [-0.2, -0.15) is 0 Å². The van der Waals surface area contributed by atoms with Crippen LogP contribution in [0.15, 0.2) is 0 Å². The Labute approximate surface area is 91.1 Å². The van der Waals surface area contributed by atoms with Crippen LogP contribution in [0, 0.1) is 0 Å². The molecule has 6 N–H and O–H groups in total. The van der Waals surface area contributed by atoms with Gasteiger partial charge in [-0.25, -0.2) is 0 Å². The number of aliphatic hydroxyl groups excluding tert-OH is 3. The van der Waals surface area contributed by atoms with Gasteiger partial charge >= 0.3 is 5.91 Å². The summed E-state index contributed by atoms with van der Waals surface area (Å²) in [7, 11) is 0. The largest absolute Gasteiger partial charge is 0.442 e. The molecule has 0 saturated carbocycles. The number of aliphatic hydroxyl groups is 4. The van der Waals surface area contributed by atoms with Gasteiger partial charge in [-0.05, 0) is 0 Å². The van der Waals surface area contributed by atoms with E-state index < -0.39 is 42.8 Å². The molecule has 0 bridgehead atoms. The number of hydroxylamine groups is 1. The van der Waals surface area contributed by atoms with E-state index in [2.05, 4.69) is 15.3 Å². The summed E-state index contributed by atoms with van der Waals surface area (Å²) in [4.78, 5) is 10.9. The Bertz CT molecular complexity index is 311. The quantitative estimate of drug-likeness (QED) is 0.215. The minimum atomic E-state index is -1.68. The van der Waals surface area contributed by atoms with Gasteiger partial charge in [0.25, 0.3) is 0 Å². The highest BCUT2D eigenvalue weighted by Crippen LogP contribution is 2.42. The molecule has 2 fully saturated rings.